The second-order valence-corrected chi connectivity index (χ2v) is 6.86. The molecule has 0 aromatic heterocycles. The number of hydrogen-bond acceptors (Lipinski definition) is 1. The topological polar surface area (TPSA) is 20.2 Å². The van der Waals surface area contributed by atoms with Crippen LogP contribution in [0.5, 0.6) is 5.75 Å². The molecule has 0 heterocycles. The SMILES string of the molecule is CCc1cc(C(C)(C)CC)cc(C(C)(C)CC)c1O. The van der Waals surface area contributed by atoms with E-state index in [1.54, 1.807) is 0 Å². The number of phenols is 1. The van der Waals surface area contributed by atoms with E-state index in [1.807, 2.05) is 0 Å². The molecule has 0 aliphatic rings. The molecule has 0 amide bonds. The summed E-state index contributed by atoms with van der Waals surface area (Å²) in [6, 6.07) is 4.41. The van der Waals surface area contributed by atoms with Crippen LogP contribution in [0.25, 0.3) is 0 Å². The van der Waals surface area contributed by atoms with Crippen LogP contribution in [0.1, 0.15) is 78.0 Å². The van der Waals surface area contributed by atoms with Crippen molar-refractivity contribution in [1.82, 2.24) is 0 Å². The summed E-state index contributed by atoms with van der Waals surface area (Å²) in [5.41, 5.74) is 3.71. The summed E-state index contributed by atoms with van der Waals surface area (Å²) in [5.74, 6) is 0.505. The highest BCUT2D eigenvalue weighted by Crippen LogP contribution is 2.40. The van der Waals surface area contributed by atoms with Gasteiger partial charge in [-0.1, -0.05) is 60.6 Å². The van der Waals surface area contributed by atoms with Gasteiger partial charge in [0.1, 0.15) is 5.75 Å². The lowest BCUT2D eigenvalue weighted by molar-refractivity contribution is 0.420. The molecule has 0 saturated heterocycles. The van der Waals surface area contributed by atoms with Crippen LogP contribution >= 0.6 is 0 Å². The van der Waals surface area contributed by atoms with Crippen molar-refractivity contribution in [3.8, 4) is 5.75 Å². The van der Waals surface area contributed by atoms with E-state index < -0.39 is 0 Å². The highest BCUT2D eigenvalue weighted by atomic mass is 16.3. The fraction of sp³-hybridized carbons (Fsp3) is 0.667. The van der Waals surface area contributed by atoms with E-state index in [-0.39, 0.29) is 10.8 Å². The fourth-order valence-corrected chi connectivity index (χ4v) is 2.27. The molecule has 1 rings (SSSR count). The molecule has 0 unspecified atom stereocenters. The minimum Gasteiger partial charge on any atom is -0.507 e. The Morgan fingerprint density at radius 2 is 1.42 bits per heavy atom. The highest BCUT2D eigenvalue weighted by molar-refractivity contribution is 5.49. The maximum absolute atomic E-state index is 10.5. The van der Waals surface area contributed by atoms with Crippen LogP contribution in [0.2, 0.25) is 0 Å². The molecule has 1 nitrogen and oxygen atoms in total. The van der Waals surface area contributed by atoms with Crippen molar-refractivity contribution in [2.75, 3.05) is 0 Å². The third kappa shape index (κ3) is 3.13. The Morgan fingerprint density at radius 3 is 1.84 bits per heavy atom. The molecule has 1 aromatic rings. The summed E-state index contributed by atoms with van der Waals surface area (Å²) in [6.07, 6.45) is 3.01. The minimum atomic E-state index is 0.0217. The van der Waals surface area contributed by atoms with Gasteiger partial charge in [0, 0.05) is 5.56 Å². The third-order valence-corrected chi connectivity index (χ3v) is 4.85. The zero-order chi connectivity index (χ0) is 14.8. The van der Waals surface area contributed by atoms with E-state index in [0.29, 0.717) is 5.75 Å². The van der Waals surface area contributed by atoms with E-state index in [4.69, 9.17) is 0 Å². The normalized spacial score (nSPS) is 12.8. The van der Waals surface area contributed by atoms with Crippen LogP contribution in [0.3, 0.4) is 0 Å². The summed E-state index contributed by atoms with van der Waals surface area (Å²) < 4.78 is 0. The van der Waals surface area contributed by atoms with Gasteiger partial charge in [0.15, 0.2) is 0 Å². The predicted molar refractivity (Wildman–Crippen MR) is 84.1 cm³/mol. The number of phenolic OH excluding ortho intramolecular Hbond substituents is 1. The van der Waals surface area contributed by atoms with Crippen molar-refractivity contribution >= 4 is 0 Å². The van der Waals surface area contributed by atoms with Gasteiger partial charge in [-0.2, -0.15) is 0 Å². The van der Waals surface area contributed by atoms with Gasteiger partial charge in [0.2, 0.25) is 0 Å². The second-order valence-electron chi connectivity index (χ2n) is 6.86. The molecule has 1 heteroatoms. The van der Waals surface area contributed by atoms with Gasteiger partial charge in [-0.3, -0.25) is 0 Å². The number of benzene rings is 1. The van der Waals surface area contributed by atoms with Crippen molar-refractivity contribution in [3.05, 3.63) is 28.8 Å². The van der Waals surface area contributed by atoms with Gasteiger partial charge < -0.3 is 5.11 Å². The first-order valence-electron chi connectivity index (χ1n) is 7.56. The van der Waals surface area contributed by atoms with E-state index >= 15 is 0 Å². The molecule has 108 valence electrons. The molecular weight excluding hydrogens is 232 g/mol. The van der Waals surface area contributed by atoms with Crippen LogP contribution < -0.4 is 0 Å². The standard InChI is InChI=1S/C18H30O/c1-8-13-11-14(17(4,5)9-2)12-15(16(13)19)18(6,7)10-3/h11-12,19H,8-10H2,1-7H3. The monoisotopic (exact) mass is 262 g/mol. The molecule has 1 aromatic carbocycles. The molecule has 19 heavy (non-hydrogen) atoms. The highest BCUT2D eigenvalue weighted by Gasteiger charge is 2.27. The largest absolute Gasteiger partial charge is 0.507 e. The first kappa shape index (κ1) is 16.1. The smallest absolute Gasteiger partial charge is 0.122 e. The first-order chi connectivity index (χ1) is 8.69. The quantitative estimate of drug-likeness (QED) is 0.760. The van der Waals surface area contributed by atoms with Crippen molar-refractivity contribution in [1.29, 1.82) is 0 Å². The molecule has 1 N–H and O–H groups in total. The second kappa shape index (κ2) is 5.56. The third-order valence-electron chi connectivity index (χ3n) is 4.85. The Balaban J connectivity index is 3.52. The Bertz CT molecular complexity index is 441. The summed E-state index contributed by atoms with van der Waals surface area (Å²) >= 11 is 0. The van der Waals surface area contributed by atoms with Crippen molar-refractivity contribution in [2.45, 2.75) is 78.6 Å². The van der Waals surface area contributed by atoms with Gasteiger partial charge in [-0.05, 0) is 41.2 Å². The molecule has 0 radical (unpaired) electrons. The maximum atomic E-state index is 10.5. The van der Waals surface area contributed by atoms with Gasteiger partial charge >= 0.3 is 0 Å². The summed E-state index contributed by atoms with van der Waals surface area (Å²) in [6.45, 7) is 15.5. The minimum absolute atomic E-state index is 0.0217. The number of aryl methyl sites for hydroxylation is 1. The van der Waals surface area contributed by atoms with E-state index in [2.05, 4.69) is 60.6 Å². The Hall–Kier alpha value is -0.980. The lowest BCUT2D eigenvalue weighted by Crippen LogP contribution is -2.21. The lowest BCUT2D eigenvalue weighted by atomic mass is 9.75. The van der Waals surface area contributed by atoms with Crippen LogP contribution in [-0.4, -0.2) is 5.11 Å². The predicted octanol–water partition coefficient (Wildman–Crippen LogP) is 5.33. The van der Waals surface area contributed by atoms with E-state index in [0.717, 1.165) is 30.4 Å². The van der Waals surface area contributed by atoms with Gasteiger partial charge in [0.05, 0.1) is 0 Å². The number of aromatic hydroxyl groups is 1. The molecule has 0 saturated carbocycles. The van der Waals surface area contributed by atoms with Crippen LogP contribution in [-0.2, 0) is 17.3 Å². The molecular formula is C18H30O. The zero-order valence-corrected chi connectivity index (χ0v) is 13.7. The number of hydrogen-bond donors (Lipinski definition) is 1. The zero-order valence-electron chi connectivity index (χ0n) is 13.7. The van der Waals surface area contributed by atoms with Crippen molar-refractivity contribution in [3.63, 3.8) is 0 Å². The van der Waals surface area contributed by atoms with Crippen LogP contribution in [0.4, 0.5) is 0 Å². The molecule has 0 spiro atoms. The summed E-state index contributed by atoms with van der Waals surface area (Å²) in [5, 5.41) is 10.5. The van der Waals surface area contributed by atoms with Gasteiger partial charge in [-0.25, -0.2) is 0 Å². The van der Waals surface area contributed by atoms with E-state index in [9.17, 15) is 5.11 Å². The van der Waals surface area contributed by atoms with Gasteiger partial charge in [-0.15, -0.1) is 0 Å². The number of rotatable bonds is 5. The average Bonchev–Trinajstić information content (AvgIpc) is 2.38. The summed E-state index contributed by atoms with van der Waals surface area (Å²) in [4.78, 5) is 0. The molecule has 0 aliphatic heterocycles. The van der Waals surface area contributed by atoms with E-state index in [1.165, 1.54) is 5.56 Å². The lowest BCUT2D eigenvalue weighted by Gasteiger charge is -2.30. The Morgan fingerprint density at radius 1 is 0.895 bits per heavy atom. The first-order valence-corrected chi connectivity index (χ1v) is 7.56. The maximum Gasteiger partial charge on any atom is 0.122 e. The van der Waals surface area contributed by atoms with Crippen LogP contribution in [0.15, 0.2) is 12.1 Å². The van der Waals surface area contributed by atoms with Crippen molar-refractivity contribution < 1.29 is 5.11 Å². The van der Waals surface area contributed by atoms with Gasteiger partial charge in [0.25, 0.3) is 0 Å². The molecule has 0 aliphatic carbocycles. The Kier molecular flexibility index (Phi) is 4.71. The molecule has 0 bridgehead atoms. The summed E-state index contributed by atoms with van der Waals surface area (Å²) in [7, 11) is 0. The average molecular weight is 262 g/mol. The van der Waals surface area contributed by atoms with Crippen molar-refractivity contribution in [2.24, 2.45) is 0 Å². The molecule has 0 fully saturated rings. The fourth-order valence-electron chi connectivity index (χ4n) is 2.27. The Labute approximate surface area is 119 Å². The van der Waals surface area contributed by atoms with Crippen LogP contribution in [0, 0.1) is 0 Å². The molecule has 0 atom stereocenters.